The van der Waals surface area contributed by atoms with Crippen LogP contribution in [0, 0.1) is 13.8 Å². The molecular formula is C15H18N2O. The Kier molecular flexibility index (Phi) is 3.60. The fraction of sp³-hybridized carbons (Fsp3) is 0.333. The van der Waals surface area contributed by atoms with Gasteiger partial charge in [0.15, 0.2) is 0 Å². The van der Waals surface area contributed by atoms with E-state index in [-0.39, 0.29) is 5.56 Å². The summed E-state index contributed by atoms with van der Waals surface area (Å²) in [6.07, 6.45) is 1.46. The largest absolute Gasteiger partial charge is 0.310 e. The molecule has 0 saturated heterocycles. The van der Waals surface area contributed by atoms with Crippen LogP contribution in [0.2, 0.25) is 0 Å². The van der Waals surface area contributed by atoms with Crippen molar-refractivity contribution in [2.75, 3.05) is 0 Å². The summed E-state index contributed by atoms with van der Waals surface area (Å²) in [7, 11) is 0. The topological polar surface area (TPSA) is 45.8 Å². The highest BCUT2D eigenvalue weighted by Gasteiger charge is 2.06. The van der Waals surface area contributed by atoms with Crippen molar-refractivity contribution in [2.24, 2.45) is 0 Å². The third-order valence-corrected chi connectivity index (χ3v) is 3.13. The summed E-state index contributed by atoms with van der Waals surface area (Å²) in [5.74, 6) is 0.742. The van der Waals surface area contributed by atoms with Crippen molar-refractivity contribution in [3.05, 3.63) is 62.8 Å². The summed E-state index contributed by atoms with van der Waals surface area (Å²) in [5, 5.41) is 0. The molecule has 0 fully saturated rings. The lowest BCUT2D eigenvalue weighted by molar-refractivity contribution is 0.868. The first kappa shape index (κ1) is 12.6. The Labute approximate surface area is 107 Å². The molecule has 0 aliphatic heterocycles. The maximum absolute atomic E-state index is 11.8. The molecule has 2 rings (SSSR count). The van der Waals surface area contributed by atoms with Crippen LogP contribution in [0.3, 0.4) is 0 Å². The van der Waals surface area contributed by atoms with Gasteiger partial charge in [-0.25, -0.2) is 4.98 Å². The molecular weight excluding hydrogens is 224 g/mol. The van der Waals surface area contributed by atoms with Crippen LogP contribution in [0.1, 0.15) is 35.1 Å². The summed E-state index contributed by atoms with van der Waals surface area (Å²) in [6, 6.07) is 8.28. The zero-order valence-electron chi connectivity index (χ0n) is 11.1. The fourth-order valence-corrected chi connectivity index (χ4v) is 1.96. The van der Waals surface area contributed by atoms with Crippen LogP contribution in [-0.2, 0) is 12.8 Å². The standard InChI is InChI=1S/C15H18N2O/c1-4-13-11(3)15(18)17-14(16-13)9-12-7-5-10(2)6-8-12/h5-8H,4,9H2,1-3H3,(H,16,17,18). The van der Waals surface area contributed by atoms with E-state index >= 15 is 0 Å². The lowest BCUT2D eigenvalue weighted by Gasteiger charge is -2.06. The highest BCUT2D eigenvalue weighted by molar-refractivity contribution is 5.25. The van der Waals surface area contributed by atoms with Gasteiger partial charge in [-0.3, -0.25) is 4.79 Å². The Morgan fingerprint density at radius 1 is 1.17 bits per heavy atom. The average molecular weight is 242 g/mol. The number of rotatable bonds is 3. The lowest BCUT2D eigenvalue weighted by atomic mass is 10.1. The first-order valence-corrected chi connectivity index (χ1v) is 6.24. The van der Waals surface area contributed by atoms with Crippen LogP contribution in [0.5, 0.6) is 0 Å². The Morgan fingerprint density at radius 2 is 1.83 bits per heavy atom. The summed E-state index contributed by atoms with van der Waals surface area (Å²) < 4.78 is 0. The number of benzene rings is 1. The molecule has 18 heavy (non-hydrogen) atoms. The number of H-pyrrole nitrogens is 1. The third-order valence-electron chi connectivity index (χ3n) is 3.13. The van der Waals surface area contributed by atoms with Gasteiger partial charge in [0.25, 0.3) is 5.56 Å². The van der Waals surface area contributed by atoms with Gasteiger partial charge >= 0.3 is 0 Å². The second kappa shape index (κ2) is 5.17. The SMILES string of the molecule is CCc1nc(Cc2ccc(C)cc2)[nH]c(=O)c1C. The molecule has 0 saturated carbocycles. The van der Waals surface area contributed by atoms with Crippen molar-refractivity contribution in [2.45, 2.75) is 33.6 Å². The Morgan fingerprint density at radius 3 is 2.44 bits per heavy atom. The van der Waals surface area contributed by atoms with Crippen LogP contribution in [0.15, 0.2) is 29.1 Å². The van der Waals surface area contributed by atoms with Crippen molar-refractivity contribution < 1.29 is 0 Å². The van der Waals surface area contributed by atoms with E-state index < -0.39 is 0 Å². The van der Waals surface area contributed by atoms with E-state index in [1.807, 2.05) is 13.8 Å². The van der Waals surface area contributed by atoms with Gasteiger partial charge in [0.05, 0.1) is 5.69 Å². The molecule has 0 radical (unpaired) electrons. The van der Waals surface area contributed by atoms with Gasteiger partial charge in [-0.1, -0.05) is 36.8 Å². The van der Waals surface area contributed by atoms with Gasteiger partial charge in [0, 0.05) is 12.0 Å². The van der Waals surface area contributed by atoms with Gasteiger partial charge < -0.3 is 4.98 Å². The lowest BCUT2D eigenvalue weighted by Crippen LogP contribution is -2.17. The van der Waals surface area contributed by atoms with Crippen molar-refractivity contribution in [1.29, 1.82) is 0 Å². The molecule has 2 aromatic rings. The molecule has 1 aromatic heterocycles. The van der Waals surface area contributed by atoms with Crippen molar-refractivity contribution in [3.63, 3.8) is 0 Å². The molecule has 0 spiro atoms. The zero-order valence-corrected chi connectivity index (χ0v) is 11.1. The van der Waals surface area contributed by atoms with E-state index in [0.29, 0.717) is 6.42 Å². The number of hydrogen-bond donors (Lipinski definition) is 1. The third kappa shape index (κ3) is 2.67. The Bertz CT molecular complexity index is 597. The van der Waals surface area contributed by atoms with E-state index in [1.165, 1.54) is 5.56 Å². The van der Waals surface area contributed by atoms with Crippen molar-refractivity contribution in [1.82, 2.24) is 9.97 Å². The maximum atomic E-state index is 11.8. The molecule has 3 heteroatoms. The van der Waals surface area contributed by atoms with Crippen molar-refractivity contribution in [3.8, 4) is 0 Å². The first-order valence-electron chi connectivity index (χ1n) is 6.24. The second-order valence-electron chi connectivity index (χ2n) is 4.60. The molecule has 0 bridgehead atoms. The molecule has 1 heterocycles. The molecule has 3 nitrogen and oxygen atoms in total. The van der Waals surface area contributed by atoms with E-state index in [9.17, 15) is 4.79 Å². The van der Waals surface area contributed by atoms with Crippen LogP contribution in [0.4, 0.5) is 0 Å². The summed E-state index contributed by atoms with van der Waals surface area (Å²) >= 11 is 0. The Hall–Kier alpha value is -1.90. The van der Waals surface area contributed by atoms with Gasteiger partial charge in [-0.05, 0) is 25.8 Å². The summed E-state index contributed by atoms with van der Waals surface area (Å²) in [5.41, 5.74) is 3.99. The van der Waals surface area contributed by atoms with Crippen LogP contribution >= 0.6 is 0 Å². The van der Waals surface area contributed by atoms with Crippen LogP contribution in [0.25, 0.3) is 0 Å². The molecule has 0 aliphatic carbocycles. The molecule has 1 aromatic carbocycles. The van der Waals surface area contributed by atoms with E-state index in [2.05, 4.69) is 41.2 Å². The van der Waals surface area contributed by atoms with Gasteiger partial charge in [0.2, 0.25) is 0 Å². The molecule has 1 N–H and O–H groups in total. The van der Waals surface area contributed by atoms with Gasteiger partial charge in [0.1, 0.15) is 5.82 Å². The normalized spacial score (nSPS) is 10.6. The molecule has 0 unspecified atom stereocenters. The number of nitrogens with one attached hydrogen (secondary N) is 1. The minimum absolute atomic E-state index is 0.0241. The summed E-state index contributed by atoms with van der Waals surface area (Å²) in [4.78, 5) is 19.1. The predicted octanol–water partition coefficient (Wildman–Crippen LogP) is 2.54. The maximum Gasteiger partial charge on any atom is 0.254 e. The minimum Gasteiger partial charge on any atom is -0.310 e. The van der Waals surface area contributed by atoms with E-state index in [1.54, 1.807) is 0 Å². The first-order chi connectivity index (χ1) is 8.60. The molecule has 94 valence electrons. The number of aryl methyl sites for hydroxylation is 2. The average Bonchev–Trinajstić information content (AvgIpc) is 2.36. The molecule has 0 aliphatic rings. The number of aromatic nitrogens is 2. The van der Waals surface area contributed by atoms with Gasteiger partial charge in [-0.15, -0.1) is 0 Å². The van der Waals surface area contributed by atoms with E-state index in [4.69, 9.17) is 0 Å². The second-order valence-corrected chi connectivity index (χ2v) is 4.60. The highest BCUT2D eigenvalue weighted by atomic mass is 16.1. The van der Waals surface area contributed by atoms with E-state index in [0.717, 1.165) is 29.1 Å². The van der Waals surface area contributed by atoms with Crippen molar-refractivity contribution >= 4 is 0 Å². The van der Waals surface area contributed by atoms with Gasteiger partial charge in [-0.2, -0.15) is 0 Å². The molecule has 0 amide bonds. The fourth-order valence-electron chi connectivity index (χ4n) is 1.96. The zero-order chi connectivity index (χ0) is 13.1. The summed E-state index contributed by atoms with van der Waals surface area (Å²) in [6.45, 7) is 5.90. The number of nitrogens with zero attached hydrogens (tertiary/aromatic N) is 1. The quantitative estimate of drug-likeness (QED) is 0.899. The molecule has 0 atom stereocenters. The smallest absolute Gasteiger partial charge is 0.254 e. The Balaban J connectivity index is 2.32. The number of hydrogen-bond acceptors (Lipinski definition) is 2. The van der Waals surface area contributed by atoms with Crippen LogP contribution in [-0.4, -0.2) is 9.97 Å². The number of aromatic amines is 1. The highest BCUT2D eigenvalue weighted by Crippen LogP contribution is 2.08. The monoisotopic (exact) mass is 242 g/mol. The minimum atomic E-state index is -0.0241. The van der Waals surface area contributed by atoms with Crippen LogP contribution < -0.4 is 5.56 Å². The predicted molar refractivity (Wildman–Crippen MR) is 73.0 cm³/mol.